The summed E-state index contributed by atoms with van der Waals surface area (Å²) in [5, 5.41) is 0.992. The third-order valence-electron chi connectivity index (χ3n) is 4.05. The lowest BCUT2D eigenvalue weighted by Crippen LogP contribution is -2.58. The van der Waals surface area contributed by atoms with Gasteiger partial charge in [-0.15, -0.1) is 0 Å². The van der Waals surface area contributed by atoms with E-state index in [0.29, 0.717) is 5.75 Å². The summed E-state index contributed by atoms with van der Waals surface area (Å²) in [4.78, 5) is 16.1. The summed E-state index contributed by atoms with van der Waals surface area (Å²) in [5.74, 6) is 0.252. The van der Waals surface area contributed by atoms with Crippen molar-refractivity contribution < 1.29 is 9.53 Å². The number of amides is 1. The molecule has 0 aliphatic heterocycles. The summed E-state index contributed by atoms with van der Waals surface area (Å²) < 4.78 is 5.81. The van der Waals surface area contributed by atoms with Crippen LogP contribution in [0, 0.1) is 12.8 Å². The number of carbonyl (C=O) groups excluding carboxylic acids is 1. The SMILES string of the molecule is Cc1ccc2cccc(OCC(N)(C(N)=O)C3CC3)c2n1. The summed E-state index contributed by atoms with van der Waals surface area (Å²) in [7, 11) is 0. The first-order valence-electron chi connectivity index (χ1n) is 7.08. The van der Waals surface area contributed by atoms with E-state index in [4.69, 9.17) is 16.2 Å². The molecule has 4 N–H and O–H groups in total. The highest BCUT2D eigenvalue weighted by Gasteiger charge is 2.47. The number of nitrogens with zero attached hydrogens (tertiary/aromatic N) is 1. The fraction of sp³-hybridized carbons (Fsp3) is 0.375. The maximum Gasteiger partial charge on any atom is 0.241 e. The number of aromatic nitrogens is 1. The van der Waals surface area contributed by atoms with Crippen LogP contribution in [-0.4, -0.2) is 23.0 Å². The van der Waals surface area contributed by atoms with Crippen LogP contribution in [0.5, 0.6) is 5.75 Å². The van der Waals surface area contributed by atoms with Crippen LogP contribution in [0.4, 0.5) is 0 Å². The number of aryl methyl sites for hydroxylation is 1. The van der Waals surface area contributed by atoms with Crippen molar-refractivity contribution in [3.63, 3.8) is 0 Å². The number of benzene rings is 1. The Morgan fingerprint density at radius 3 is 2.81 bits per heavy atom. The van der Waals surface area contributed by atoms with Gasteiger partial charge in [0.2, 0.25) is 5.91 Å². The summed E-state index contributed by atoms with van der Waals surface area (Å²) in [6.45, 7) is 2.01. The molecule has 1 amide bonds. The van der Waals surface area contributed by atoms with Gasteiger partial charge < -0.3 is 16.2 Å². The predicted octanol–water partition coefficient (Wildman–Crippen LogP) is 1.51. The van der Waals surface area contributed by atoms with E-state index in [9.17, 15) is 4.79 Å². The molecule has 0 radical (unpaired) electrons. The summed E-state index contributed by atoms with van der Waals surface area (Å²) in [6, 6.07) is 9.65. The van der Waals surface area contributed by atoms with Gasteiger partial charge >= 0.3 is 0 Å². The molecule has 5 heteroatoms. The Balaban J connectivity index is 1.88. The third-order valence-corrected chi connectivity index (χ3v) is 4.05. The lowest BCUT2D eigenvalue weighted by Gasteiger charge is -2.26. The smallest absolute Gasteiger partial charge is 0.241 e. The first-order valence-corrected chi connectivity index (χ1v) is 7.08. The van der Waals surface area contributed by atoms with Crippen molar-refractivity contribution in [2.45, 2.75) is 25.3 Å². The van der Waals surface area contributed by atoms with Crippen molar-refractivity contribution in [1.82, 2.24) is 4.98 Å². The number of para-hydroxylation sites is 1. The standard InChI is InChI=1S/C16H19N3O2/c1-10-5-6-11-3-2-4-13(14(11)19-10)21-9-16(18,15(17)20)12-7-8-12/h2-6,12H,7-9,18H2,1H3,(H2,17,20). The average Bonchev–Trinajstić information content (AvgIpc) is 3.29. The second-order valence-electron chi connectivity index (χ2n) is 5.75. The number of nitrogens with two attached hydrogens (primary N) is 2. The number of hydrogen-bond donors (Lipinski definition) is 2. The quantitative estimate of drug-likeness (QED) is 0.871. The molecule has 1 aliphatic carbocycles. The molecule has 1 aliphatic rings. The van der Waals surface area contributed by atoms with Crippen LogP contribution in [-0.2, 0) is 4.79 Å². The number of ether oxygens (including phenoxy) is 1. The molecule has 2 aromatic rings. The minimum absolute atomic E-state index is 0.0851. The Morgan fingerprint density at radius 2 is 2.14 bits per heavy atom. The molecule has 0 saturated heterocycles. The van der Waals surface area contributed by atoms with Crippen molar-refractivity contribution >= 4 is 16.8 Å². The van der Waals surface area contributed by atoms with Gasteiger partial charge in [0.1, 0.15) is 23.4 Å². The maximum atomic E-state index is 11.6. The molecule has 1 aromatic heterocycles. The normalized spacial score (nSPS) is 17.4. The first-order chi connectivity index (χ1) is 10.0. The van der Waals surface area contributed by atoms with Crippen LogP contribution in [0.2, 0.25) is 0 Å². The van der Waals surface area contributed by atoms with Gasteiger partial charge in [-0.2, -0.15) is 0 Å². The van der Waals surface area contributed by atoms with Crippen LogP contribution < -0.4 is 16.2 Å². The van der Waals surface area contributed by atoms with E-state index in [1.54, 1.807) is 0 Å². The zero-order valence-electron chi connectivity index (χ0n) is 12.0. The molecule has 1 saturated carbocycles. The molecular formula is C16H19N3O2. The number of carbonyl (C=O) groups is 1. The van der Waals surface area contributed by atoms with Gasteiger partial charge in [-0.05, 0) is 37.8 Å². The van der Waals surface area contributed by atoms with Gasteiger partial charge in [-0.3, -0.25) is 4.79 Å². The van der Waals surface area contributed by atoms with E-state index in [-0.39, 0.29) is 12.5 Å². The minimum atomic E-state index is -1.09. The molecule has 0 spiro atoms. The van der Waals surface area contributed by atoms with Crippen LogP contribution in [0.1, 0.15) is 18.5 Å². The molecule has 3 rings (SSSR count). The Kier molecular flexibility index (Phi) is 3.29. The van der Waals surface area contributed by atoms with Gasteiger partial charge in [-0.25, -0.2) is 4.98 Å². The van der Waals surface area contributed by atoms with Gasteiger partial charge in [0.05, 0.1) is 0 Å². The zero-order valence-corrected chi connectivity index (χ0v) is 12.0. The van der Waals surface area contributed by atoms with Crippen LogP contribution in [0.3, 0.4) is 0 Å². The molecule has 1 unspecified atom stereocenters. The second kappa shape index (κ2) is 5.00. The van der Waals surface area contributed by atoms with Crippen molar-refractivity contribution in [2.24, 2.45) is 17.4 Å². The Bertz CT molecular complexity index is 697. The highest BCUT2D eigenvalue weighted by atomic mass is 16.5. The van der Waals surface area contributed by atoms with Crippen molar-refractivity contribution in [2.75, 3.05) is 6.61 Å². The number of fused-ring (bicyclic) bond motifs is 1. The van der Waals surface area contributed by atoms with E-state index < -0.39 is 11.4 Å². The van der Waals surface area contributed by atoms with Crippen molar-refractivity contribution in [1.29, 1.82) is 0 Å². The molecule has 21 heavy (non-hydrogen) atoms. The first kappa shape index (κ1) is 13.8. The zero-order chi connectivity index (χ0) is 15.0. The van der Waals surface area contributed by atoms with Gasteiger partial charge in [0.25, 0.3) is 0 Å². The minimum Gasteiger partial charge on any atom is -0.489 e. The van der Waals surface area contributed by atoms with Crippen molar-refractivity contribution in [3.05, 3.63) is 36.0 Å². The van der Waals surface area contributed by atoms with Gasteiger partial charge in [0.15, 0.2) is 0 Å². The van der Waals surface area contributed by atoms with E-state index in [1.165, 1.54) is 0 Å². The van der Waals surface area contributed by atoms with Crippen LogP contribution in [0.15, 0.2) is 30.3 Å². The predicted molar refractivity (Wildman–Crippen MR) is 80.8 cm³/mol. The third kappa shape index (κ3) is 2.56. The average molecular weight is 285 g/mol. The number of primary amides is 1. The molecule has 1 atom stereocenters. The number of rotatable bonds is 5. The fourth-order valence-corrected chi connectivity index (χ4v) is 2.52. The highest BCUT2D eigenvalue weighted by Crippen LogP contribution is 2.38. The lowest BCUT2D eigenvalue weighted by molar-refractivity contribution is -0.125. The maximum absolute atomic E-state index is 11.6. The van der Waals surface area contributed by atoms with Crippen molar-refractivity contribution in [3.8, 4) is 5.75 Å². The lowest BCUT2D eigenvalue weighted by atomic mass is 9.95. The van der Waals surface area contributed by atoms with Crippen LogP contribution >= 0.6 is 0 Å². The molecular weight excluding hydrogens is 266 g/mol. The number of hydrogen-bond acceptors (Lipinski definition) is 4. The summed E-state index contributed by atoms with van der Waals surface area (Å²) in [5.41, 5.74) is 12.2. The molecule has 5 nitrogen and oxygen atoms in total. The monoisotopic (exact) mass is 285 g/mol. The van der Waals surface area contributed by atoms with E-state index in [0.717, 1.165) is 29.4 Å². The molecule has 110 valence electrons. The summed E-state index contributed by atoms with van der Waals surface area (Å²) in [6.07, 6.45) is 1.85. The van der Waals surface area contributed by atoms with E-state index >= 15 is 0 Å². The molecule has 1 heterocycles. The van der Waals surface area contributed by atoms with E-state index in [2.05, 4.69) is 4.98 Å². The fourth-order valence-electron chi connectivity index (χ4n) is 2.52. The Labute approximate surface area is 123 Å². The molecule has 1 fully saturated rings. The van der Waals surface area contributed by atoms with Crippen LogP contribution in [0.25, 0.3) is 10.9 Å². The van der Waals surface area contributed by atoms with Gasteiger partial charge in [-0.1, -0.05) is 18.2 Å². The Morgan fingerprint density at radius 1 is 1.38 bits per heavy atom. The molecule has 0 bridgehead atoms. The second-order valence-corrected chi connectivity index (χ2v) is 5.75. The van der Waals surface area contributed by atoms with Gasteiger partial charge in [0, 0.05) is 11.1 Å². The molecule has 1 aromatic carbocycles. The number of pyridine rings is 1. The van der Waals surface area contributed by atoms with E-state index in [1.807, 2.05) is 37.3 Å². The topological polar surface area (TPSA) is 91.2 Å². The highest BCUT2D eigenvalue weighted by molar-refractivity contribution is 5.86. The Hall–Kier alpha value is -2.14. The largest absolute Gasteiger partial charge is 0.489 e. The summed E-state index contributed by atoms with van der Waals surface area (Å²) >= 11 is 0.